The van der Waals surface area contributed by atoms with E-state index in [0.29, 0.717) is 0 Å². The summed E-state index contributed by atoms with van der Waals surface area (Å²) in [5.74, 6) is 0. The van der Waals surface area contributed by atoms with Gasteiger partial charge < -0.3 is 0 Å². The van der Waals surface area contributed by atoms with E-state index in [9.17, 15) is 4.57 Å². The van der Waals surface area contributed by atoms with E-state index in [1.165, 1.54) is 0 Å². The molecule has 0 saturated heterocycles. The zero-order valence-corrected chi connectivity index (χ0v) is 14.8. The molecule has 116 valence electrons. The maximum Gasteiger partial charge on any atom is 0.699 e. The molecule has 0 amide bonds. The molecule has 0 aliphatic heterocycles. The number of rotatable bonds is 10. The van der Waals surface area contributed by atoms with E-state index in [2.05, 4.69) is 13.2 Å². The van der Waals surface area contributed by atoms with Gasteiger partial charge in [0.25, 0.3) is 0 Å². The molecular weight excluding hydrogens is 271 g/mol. The van der Waals surface area contributed by atoms with E-state index in [1.807, 2.05) is 41.5 Å². The summed E-state index contributed by atoms with van der Waals surface area (Å²) in [5, 5.41) is 0. The Morgan fingerprint density at radius 3 is 1.25 bits per heavy atom. The molecule has 0 heterocycles. The maximum atomic E-state index is 12.3. The Morgan fingerprint density at radius 1 is 0.850 bits per heavy atom. The van der Waals surface area contributed by atoms with Crippen molar-refractivity contribution in [3.63, 3.8) is 0 Å². The van der Waals surface area contributed by atoms with E-state index in [0.717, 1.165) is 36.8 Å². The lowest BCUT2D eigenvalue weighted by Gasteiger charge is -2.28. The lowest BCUT2D eigenvalue weighted by atomic mass is 9.90. The van der Waals surface area contributed by atoms with E-state index in [4.69, 9.17) is 9.05 Å². The van der Waals surface area contributed by atoms with Crippen LogP contribution in [-0.4, -0.2) is 11.2 Å². The molecule has 0 saturated carbocycles. The monoisotopic (exact) mass is 301 g/mol. The second-order valence-corrected chi connectivity index (χ2v) is 6.18. The Balaban J connectivity index is 5.10. The van der Waals surface area contributed by atoms with E-state index in [1.54, 1.807) is 0 Å². The summed E-state index contributed by atoms with van der Waals surface area (Å²) in [5.41, 5.74) is 0.609. The molecule has 20 heavy (non-hydrogen) atoms. The van der Waals surface area contributed by atoms with Gasteiger partial charge in [0.15, 0.2) is 0 Å². The molecule has 0 aromatic heterocycles. The average molecular weight is 301 g/mol. The first-order chi connectivity index (χ1) is 9.23. The highest BCUT2D eigenvalue weighted by Gasteiger charge is 2.45. The summed E-state index contributed by atoms with van der Waals surface area (Å²) in [6.45, 7) is 19.8. The van der Waals surface area contributed by atoms with Crippen molar-refractivity contribution in [3.05, 3.63) is 24.3 Å². The van der Waals surface area contributed by atoms with Crippen LogP contribution in [0, 0.1) is 0 Å². The van der Waals surface area contributed by atoms with E-state index in [-0.39, 0.29) is 0 Å². The summed E-state index contributed by atoms with van der Waals surface area (Å²) in [4.78, 5) is 0. The van der Waals surface area contributed by atoms with Gasteiger partial charge in [0.2, 0.25) is 0 Å². The summed E-state index contributed by atoms with van der Waals surface area (Å²) >= 11 is 0. The molecule has 0 radical (unpaired) electrons. The van der Waals surface area contributed by atoms with Crippen LogP contribution >= 0.6 is 8.25 Å². The van der Waals surface area contributed by atoms with Crippen molar-refractivity contribution >= 4 is 8.25 Å². The number of hydrogen-bond acceptors (Lipinski definition) is 3. The van der Waals surface area contributed by atoms with Gasteiger partial charge in [-0.1, -0.05) is 40.9 Å². The lowest BCUT2D eigenvalue weighted by molar-refractivity contribution is 0.0371. The third-order valence-electron chi connectivity index (χ3n) is 4.34. The van der Waals surface area contributed by atoms with Crippen molar-refractivity contribution in [3.8, 4) is 0 Å². The summed E-state index contributed by atoms with van der Waals surface area (Å²) in [7, 11) is -2.22. The van der Waals surface area contributed by atoms with Gasteiger partial charge in [-0.15, -0.1) is 9.05 Å². The molecule has 0 N–H and O–H groups in total. The molecule has 0 aliphatic carbocycles. The lowest BCUT2D eigenvalue weighted by Crippen LogP contribution is -2.33. The van der Waals surface area contributed by atoms with Crippen molar-refractivity contribution in [2.24, 2.45) is 0 Å². The molecule has 0 aromatic rings. The second-order valence-electron chi connectivity index (χ2n) is 5.37. The summed E-state index contributed by atoms with van der Waals surface area (Å²) in [6.07, 6.45) is 2.90. The standard InChI is InChI=1S/C16H30O3P/c1-9-15(10-2,13(5)6)18-20(17)19-16(11-3,12-4)14(7)8/h5,7,9-12H2,1-4,6,8H3/q+1. The largest absolute Gasteiger partial charge is 0.699 e. The molecule has 4 heteroatoms. The van der Waals surface area contributed by atoms with Gasteiger partial charge in [-0.05, 0) is 50.7 Å². The van der Waals surface area contributed by atoms with Crippen LogP contribution < -0.4 is 0 Å². The smallest absolute Gasteiger partial charge is 0.108 e. The van der Waals surface area contributed by atoms with Crippen molar-refractivity contribution in [1.29, 1.82) is 0 Å². The summed E-state index contributed by atoms with van der Waals surface area (Å²) < 4.78 is 23.8. The van der Waals surface area contributed by atoms with E-state index >= 15 is 0 Å². The first-order valence-electron chi connectivity index (χ1n) is 7.41. The fourth-order valence-electron chi connectivity index (χ4n) is 2.43. The van der Waals surface area contributed by atoms with Crippen LogP contribution in [-0.2, 0) is 13.6 Å². The fourth-order valence-corrected chi connectivity index (χ4v) is 3.86. The molecule has 3 nitrogen and oxygen atoms in total. The van der Waals surface area contributed by atoms with Crippen molar-refractivity contribution in [1.82, 2.24) is 0 Å². The predicted octanol–water partition coefficient (Wildman–Crippen LogP) is 5.95. The zero-order valence-electron chi connectivity index (χ0n) is 13.9. The molecule has 0 fully saturated rings. The van der Waals surface area contributed by atoms with Crippen molar-refractivity contribution in [2.75, 3.05) is 0 Å². The predicted molar refractivity (Wildman–Crippen MR) is 86.0 cm³/mol. The maximum absolute atomic E-state index is 12.3. The molecule has 0 aliphatic rings. The molecule has 0 spiro atoms. The first kappa shape index (κ1) is 19.5. The van der Waals surface area contributed by atoms with Gasteiger partial charge in [0, 0.05) is 4.57 Å². The highest BCUT2D eigenvalue weighted by Crippen LogP contribution is 2.45. The summed E-state index contributed by atoms with van der Waals surface area (Å²) in [6, 6.07) is 0. The van der Waals surface area contributed by atoms with Crippen LogP contribution in [0.25, 0.3) is 0 Å². The van der Waals surface area contributed by atoms with Gasteiger partial charge in [-0.3, -0.25) is 0 Å². The number of hydrogen-bond donors (Lipinski definition) is 0. The van der Waals surface area contributed by atoms with Crippen LogP contribution in [0.4, 0.5) is 0 Å². The topological polar surface area (TPSA) is 35.5 Å². The second kappa shape index (κ2) is 8.07. The van der Waals surface area contributed by atoms with Crippen LogP contribution in [0.3, 0.4) is 0 Å². The molecule has 0 atom stereocenters. The van der Waals surface area contributed by atoms with E-state index < -0.39 is 19.5 Å². The quantitative estimate of drug-likeness (QED) is 0.369. The minimum absolute atomic E-state index is 0.574. The van der Waals surface area contributed by atoms with Crippen LogP contribution in [0.1, 0.15) is 67.2 Å². The normalized spacial score (nSPS) is 12.3. The Bertz CT molecular complexity index is 332. The zero-order chi connectivity index (χ0) is 16.0. The highest BCUT2D eigenvalue weighted by atomic mass is 31.1. The Morgan fingerprint density at radius 2 is 1.10 bits per heavy atom. The van der Waals surface area contributed by atoms with Gasteiger partial charge >= 0.3 is 8.25 Å². The molecule has 0 rings (SSSR count). The van der Waals surface area contributed by atoms with Gasteiger partial charge in [0.05, 0.1) is 0 Å². The highest BCUT2D eigenvalue weighted by molar-refractivity contribution is 7.33. The first-order valence-corrected chi connectivity index (χ1v) is 8.50. The van der Waals surface area contributed by atoms with Crippen molar-refractivity contribution < 1.29 is 13.6 Å². The molecule has 0 aromatic carbocycles. The average Bonchev–Trinajstić information content (AvgIpc) is 2.41. The van der Waals surface area contributed by atoms with Gasteiger partial charge in [-0.25, -0.2) is 0 Å². The molecule has 0 bridgehead atoms. The Labute approximate surface area is 125 Å². The van der Waals surface area contributed by atoms with Gasteiger partial charge in [-0.2, -0.15) is 0 Å². The fraction of sp³-hybridized carbons (Fsp3) is 0.750. The van der Waals surface area contributed by atoms with Crippen LogP contribution in [0.15, 0.2) is 24.3 Å². The van der Waals surface area contributed by atoms with Gasteiger partial charge in [0.1, 0.15) is 11.2 Å². The third kappa shape index (κ3) is 4.25. The molecule has 0 unspecified atom stereocenters. The Hall–Kier alpha value is -0.500. The van der Waals surface area contributed by atoms with Crippen LogP contribution in [0.2, 0.25) is 0 Å². The van der Waals surface area contributed by atoms with Crippen LogP contribution in [0.5, 0.6) is 0 Å². The minimum atomic E-state index is -2.22. The SMILES string of the molecule is C=C(C)C(CC)(CC)O[P+](=O)OC(CC)(CC)C(=C)C. The van der Waals surface area contributed by atoms with Crippen molar-refractivity contribution in [2.45, 2.75) is 78.4 Å². The minimum Gasteiger partial charge on any atom is -0.108 e. The Kier molecular flexibility index (Phi) is 7.87. The third-order valence-corrected chi connectivity index (χ3v) is 5.34. The molecular formula is C16H30O3P+.